The number of rotatable bonds is 7. The molecule has 11 rings (SSSR count). The van der Waals surface area contributed by atoms with Gasteiger partial charge in [-0.2, -0.15) is 0 Å². The first kappa shape index (κ1) is 33.7. The molecule has 0 aromatic heterocycles. The molecular formula is C55H38N2O. The third-order valence-electron chi connectivity index (χ3n) is 11.7. The topological polar surface area (TPSA) is 15.7 Å². The van der Waals surface area contributed by atoms with E-state index in [0.717, 1.165) is 56.8 Å². The Balaban J connectivity index is 1.05. The van der Waals surface area contributed by atoms with E-state index >= 15 is 0 Å². The molecule has 0 radical (unpaired) electrons. The lowest BCUT2D eigenvalue weighted by Gasteiger charge is -2.39. The minimum atomic E-state index is -0.550. The number of ether oxygens (including phenoxy) is 1. The summed E-state index contributed by atoms with van der Waals surface area (Å²) in [6.07, 6.45) is 0. The van der Waals surface area contributed by atoms with Gasteiger partial charge in [-0.25, -0.2) is 0 Å². The molecule has 0 amide bonds. The zero-order valence-corrected chi connectivity index (χ0v) is 31.7. The van der Waals surface area contributed by atoms with Crippen molar-refractivity contribution in [3.63, 3.8) is 0 Å². The van der Waals surface area contributed by atoms with Gasteiger partial charge in [0.2, 0.25) is 0 Å². The van der Waals surface area contributed by atoms with Crippen molar-refractivity contribution in [2.75, 3.05) is 9.80 Å². The third kappa shape index (κ3) is 5.36. The number of para-hydroxylation sites is 4. The minimum absolute atomic E-state index is 0.550. The van der Waals surface area contributed by atoms with Gasteiger partial charge in [0.15, 0.2) is 0 Å². The van der Waals surface area contributed by atoms with Crippen LogP contribution in [0.4, 0.5) is 34.1 Å². The molecule has 3 nitrogen and oxygen atoms in total. The van der Waals surface area contributed by atoms with E-state index in [1.54, 1.807) is 0 Å². The lowest BCUT2D eigenvalue weighted by molar-refractivity contribution is 0.436. The number of benzene rings is 9. The zero-order chi connectivity index (χ0) is 38.5. The van der Waals surface area contributed by atoms with Crippen molar-refractivity contribution >= 4 is 34.1 Å². The van der Waals surface area contributed by atoms with Crippen LogP contribution in [0, 0.1) is 0 Å². The smallest absolute Gasteiger partial charge is 0.132 e. The van der Waals surface area contributed by atoms with Crippen molar-refractivity contribution in [3.05, 3.63) is 253 Å². The maximum absolute atomic E-state index is 6.62. The van der Waals surface area contributed by atoms with E-state index in [2.05, 4.69) is 240 Å². The fourth-order valence-corrected chi connectivity index (χ4v) is 9.21. The molecule has 2 aliphatic rings. The summed E-state index contributed by atoms with van der Waals surface area (Å²) >= 11 is 0. The molecule has 1 heterocycles. The number of hydrogen-bond donors (Lipinski definition) is 0. The van der Waals surface area contributed by atoms with Gasteiger partial charge in [0, 0.05) is 45.3 Å². The van der Waals surface area contributed by atoms with Gasteiger partial charge in [-0.05, 0) is 118 Å². The average Bonchev–Trinajstić information content (AvgIpc) is 3.58. The van der Waals surface area contributed by atoms with Gasteiger partial charge in [-0.1, -0.05) is 146 Å². The van der Waals surface area contributed by atoms with E-state index in [4.69, 9.17) is 4.74 Å². The first-order valence-corrected chi connectivity index (χ1v) is 19.8. The van der Waals surface area contributed by atoms with Gasteiger partial charge in [-0.3, -0.25) is 0 Å². The fraction of sp³-hybridized carbons (Fsp3) is 0.0182. The largest absolute Gasteiger partial charge is 0.457 e. The number of fused-ring (bicyclic) bond motifs is 9. The molecular weight excluding hydrogens is 705 g/mol. The maximum Gasteiger partial charge on any atom is 0.132 e. The predicted molar refractivity (Wildman–Crippen MR) is 239 cm³/mol. The van der Waals surface area contributed by atoms with Gasteiger partial charge in [0.1, 0.15) is 11.5 Å². The molecule has 1 aliphatic carbocycles. The highest BCUT2D eigenvalue weighted by Gasteiger charge is 2.51. The lowest BCUT2D eigenvalue weighted by atomic mass is 9.66. The Kier molecular flexibility index (Phi) is 8.04. The van der Waals surface area contributed by atoms with Crippen molar-refractivity contribution in [2.45, 2.75) is 5.41 Å². The Morgan fingerprint density at radius 3 is 1.22 bits per heavy atom. The number of hydrogen-bond acceptors (Lipinski definition) is 3. The molecule has 0 atom stereocenters. The summed E-state index contributed by atoms with van der Waals surface area (Å²) in [6, 6.07) is 82.6. The molecule has 0 N–H and O–H groups in total. The van der Waals surface area contributed by atoms with Crippen LogP contribution < -0.4 is 14.5 Å². The van der Waals surface area contributed by atoms with E-state index in [-0.39, 0.29) is 0 Å². The summed E-state index contributed by atoms with van der Waals surface area (Å²) in [5.41, 5.74) is 15.7. The second-order valence-corrected chi connectivity index (χ2v) is 14.9. The van der Waals surface area contributed by atoms with Crippen LogP contribution in [0.5, 0.6) is 11.5 Å². The molecule has 1 spiro atoms. The summed E-state index contributed by atoms with van der Waals surface area (Å²) in [5.74, 6) is 1.78. The monoisotopic (exact) mass is 742 g/mol. The summed E-state index contributed by atoms with van der Waals surface area (Å²) < 4.78 is 6.62. The Labute approximate surface area is 339 Å². The first-order chi connectivity index (χ1) is 28.8. The summed E-state index contributed by atoms with van der Waals surface area (Å²) in [5, 5.41) is 0. The van der Waals surface area contributed by atoms with Crippen LogP contribution >= 0.6 is 0 Å². The molecule has 0 bridgehead atoms. The van der Waals surface area contributed by atoms with E-state index < -0.39 is 5.41 Å². The Hall–Kier alpha value is -7.62. The molecule has 58 heavy (non-hydrogen) atoms. The lowest BCUT2D eigenvalue weighted by Crippen LogP contribution is -2.32. The van der Waals surface area contributed by atoms with Gasteiger partial charge in [0.05, 0.1) is 5.41 Å². The van der Waals surface area contributed by atoms with Crippen LogP contribution in [0.3, 0.4) is 0 Å². The normalized spacial score (nSPS) is 12.8. The molecule has 0 saturated carbocycles. The maximum atomic E-state index is 6.62. The van der Waals surface area contributed by atoms with Crippen molar-refractivity contribution in [1.82, 2.24) is 0 Å². The highest BCUT2D eigenvalue weighted by atomic mass is 16.5. The van der Waals surface area contributed by atoms with Crippen LogP contribution in [0.15, 0.2) is 231 Å². The van der Waals surface area contributed by atoms with Gasteiger partial charge < -0.3 is 14.5 Å². The van der Waals surface area contributed by atoms with Gasteiger partial charge >= 0.3 is 0 Å². The number of anilines is 6. The van der Waals surface area contributed by atoms with Crippen molar-refractivity contribution < 1.29 is 4.74 Å². The Morgan fingerprint density at radius 2 is 0.655 bits per heavy atom. The van der Waals surface area contributed by atoms with E-state index in [1.807, 2.05) is 0 Å². The highest BCUT2D eigenvalue weighted by Crippen LogP contribution is 2.62. The first-order valence-electron chi connectivity index (χ1n) is 19.8. The molecule has 274 valence electrons. The highest BCUT2D eigenvalue weighted by molar-refractivity contribution is 5.91. The van der Waals surface area contributed by atoms with Crippen molar-refractivity contribution in [1.29, 1.82) is 0 Å². The molecule has 9 aromatic rings. The van der Waals surface area contributed by atoms with E-state index in [0.29, 0.717) is 0 Å². The molecule has 0 fully saturated rings. The van der Waals surface area contributed by atoms with E-state index in [1.165, 1.54) is 33.4 Å². The van der Waals surface area contributed by atoms with Crippen LogP contribution in [-0.2, 0) is 5.41 Å². The summed E-state index contributed by atoms with van der Waals surface area (Å²) in [6.45, 7) is 0. The second-order valence-electron chi connectivity index (χ2n) is 14.9. The zero-order valence-electron chi connectivity index (χ0n) is 31.7. The summed E-state index contributed by atoms with van der Waals surface area (Å²) in [4.78, 5) is 4.70. The molecule has 0 unspecified atom stereocenters. The number of nitrogens with zero attached hydrogens (tertiary/aromatic N) is 2. The Bertz CT molecular complexity index is 2860. The SMILES string of the molecule is c1ccc(-c2ccc(N(c3ccccc3)c3ccc(N(c4ccccc4)c4ccc5c(c4)C4(c6ccccc6Oc6ccccc64)c4ccccc4-5)cc3)cc2)cc1. The van der Waals surface area contributed by atoms with Crippen LogP contribution in [0.25, 0.3) is 22.3 Å². The van der Waals surface area contributed by atoms with Crippen molar-refractivity contribution in [3.8, 4) is 33.8 Å². The van der Waals surface area contributed by atoms with Crippen LogP contribution in [0.1, 0.15) is 22.3 Å². The van der Waals surface area contributed by atoms with Crippen molar-refractivity contribution in [2.24, 2.45) is 0 Å². The predicted octanol–water partition coefficient (Wildman–Crippen LogP) is 14.8. The average molecular weight is 743 g/mol. The molecule has 9 aromatic carbocycles. The molecule has 0 saturated heterocycles. The Morgan fingerprint density at radius 1 is 0.276 bits per heavy atom. The standard InChI is InChI=1S/C55H38N2O/c1-4-16-39(17-5-1)40-28-30-43(31-29-40)56(41-18-6-2-7-19-41)44-32-34-45(35-33-44)57(42-20-8-3-9-21-42)46-36-37-48-47-22-10-11-23-49(47)55(52(48)38-46)50-24-12-14-26-53(50)58-54-27-15-13-25-51(54)55/h1-38H. The van der Waals surface area contributed by atoms with Gasteiger partial charge in [0.25, 0.3) is 0 Å². The summed E-state index contributed by atoms with van der Waals surface area (Å²) in [7, 11) is 0. The van der Waals surface area contributed by atoms with E-state index in [9.17, 15) is 0 Å². The molecule has 3 heteroatoms. The second kappa shape index (κ2) is 13.8. The quantitative estimate of drug-likeness (QED) is 0.162. The fourth-order valence-electron chi connectivity index (χ4n) is 9.21. The van der Waals surface area contributed by atoms with Crippen LogP contribution in [-0.4, -0.2) is 0 Å². The minimum Gasteiger partial charge on any atom is -0.457 e. The molecule has 1 aliphatic heterocycles. The third-order valence-corrected chi connectivity index (χ3v) is 11.7. The van der Waals surface area contributed by atoms with Crippen LogP contribution in [0.2, 0.25) is 0 Å². The van der Waals surface area contributed by atoms with Gasteiger partial charge in [-0.15, -0.1) is 0 Å².